The van der Waals surface area contributed by atoms with Crippen molar-refractivity contribution in [2.24, 2.45) is 5.92 Å². The highest BCUT2D eigenvalue weighted by Crippen LogP contribution is 2.43. The number of carbonyl (C=O) groups excluding carboxylic acids is 1. The van der Waals surface area contributed by atoms with Crippen molar-refractivity contribution in [3.05, 3.63) is 63.4 Å². The minimum Gasteiger partial charge on any atom is -0.462 e. The predicted octanol–water partition coefficient (Wildman–Crippen LogP) is 3.28. The summed E-state index contributed by atoms with van der Waals surface area (Å²) >= 11 is 1.77. The third-order valence-electron chi connectivity index (χ3n) is 3.82. The first-order valence-electron chi connectivity index (χ1n) is 6.38. The third-order valence-corrected chi connectivity index (χ3v) is 4.77. The second-order valence-electron chi connectivity index (χ2n) is 4.91. The minimum absolute atomic E-state index is 0.138. The summed E-state index contributed by atoms with van der Waals surface area (Å²) in [6.07, 6.45) is 0.935. The average Bonchev–Trinajstić information content (AvgIpc) is 3.05. The molecule has 2 aromatic rings. The van der Waals surface area contributed by atoms with Gasteiger partial charge in [-0.15, -0.1) is 11.3 Å². The largest absolute Gasteiger partial charge is 0.462 e. The Balaban J connectivity index is 2.01. The fourth-order valence-corrected chi connectivity index (χ4v) is 3.94. The number of rotatable bonds is 1. The highest BCUT2D eigenvalue weighted by molar-refractivity contribution is 7.10. The van der Waals surface area contributed by atoms with Gasteiger partial charge in [0, 0.05) is 16.4 Å². The third kappa shape index (κ3) is 1.58. The van der Waals surface area contributed by atoms with Gasteiger partial charge in [-0.3, -0.25) is 0 Å². The van der Waals surface area contributed by atoms with Crippen LogP contribution in [-0.4, -0.2) is 12.6 Å². The van der Waals surface area contributed by atoms with Crippen LogP contribution in [0.1, 0.15) is 16.0 Å². The molecule has 1 saturated heterocycles. The SMILES string of the molecule is O=C1OCC2Cc3sccc3C(c3ccccc3)=C12. The highest BCUT2D eigenvalue weighted by atomic mass is 32.1. The fourth-order valence-electron chi connectivity index (χ4n) is 2.98. The van der Waals surface area contributed by atoms with Gasteiger partial charge in [0.25, 0.3) is 0 Å². The van der Waals surface area contributed by atoms with E-state index in [0.717, 1.165) is 23.1 Å². The van der Waals surface area contributed by atoms with Crippen molar-refractivity contribution < 1.29 is 9.53 Å². The molecular formula is C16H12O2S. The van der Waals surface area contributed by atoms with E-state index in [4.69, 9.17) is 4.74 Å². The van der Waals surface area contributed by atoms with Crippen LogP contribution in [0, 0.1) is 5.92 Å². The summed E-state index contributed by atoms with van der Waals surface area (Å²) in [4.78, 5) is 13.4. The molecule has 0 N–H and O–H groups in total. The van der Waals surface area contributed by atoms with E-state index in [1.807, 2.05) is 18.2 Å². The monoisotopic (exact) mass is 268 g/mol. The highest BCUT2D eigenvalue weighted by Gasteiger charge is 2.38. The zero-order valence-corrected chi connectivity index (χ0v) is 11.1. The van der Waals surface area contributed by atoms with Crippen molar-refractivity contribution in [2.75, 3.05) is 6.61 Å². The van der Waals surface area contributed by atoms with E-state index in [2.05, 4.69) is 23.6 Å². The van der Waals surface area contributed by atoms with Gasteiger partial charge in [-0.25, -0.2) is 4.79 Å². The van der Waals surface area contributed by atoms with Crippen LogP contribution in [0.15, 0.2) is 47.4 Å². The van der Waals surface area contributed by atoms with Gasteiger partial charge >= 0.3 is 5.97 Å². The number of benzene rings is 1. The minimum atomic E-state index is -0.138. The molecule has 1 aliphatic carbocycles. The normalized spacial score (nSPS) is 21.1. The molecule has 1 aromatic heterocycles. The smallest absolute Gasteiger partial charge is 0.335 e. The second kappa shape index (κ2) is 4.07. The van der Waals surface area contributed by atoms with Crippen LogP contribution in [0.2, 0.25) is 0 Å². The van der Waals surface area contributed by atoms with E-state index in [-0.39, 0.29) is 11.9 Å². The zero-order chi connectivity index (χ0) is 12.8. The van der Waals surface area contributed by atoms with E-state index in [1.54, 1.807) is 11.3 Å². The Labute approximate surface area is 115 Å². The fraction of sp³-hybridized carbons (Fsp3) is 0.188. The van der Waals surface area contributed by atoms with Gasteiger partial charge in [0.15, 0.2) is 0 Å². The lowest BCUT2D eigenvalue weighted by Gasteiger charge is -2.21. The van der Waals surface area contributed by atoms with Crippen LogP contribution in [0.3, 0.4) is 0 Å². The van der Waals surface area contributed by atoms with Crippen molar-refractivity contribution in [3.8, 4) is 0 Å². The number of hydrogen-bond donors (Lipinski definition) is 0. The lowest BCUT2D eigenvalue weighted by molar-refractivity contribution is -0.135. The van der Waals surface area contributed by atoms with Gasteiger partial charge < -0.3 is 4.74 Å². The van der Waals surface area contributed by atoms with Crippen molar-refractivity contribution in [2.45, 2.75) is 6.42 Å². The van der Waals surface area contributed by atoms with Crippen LogP contribution < -0.4 is 0 Å². The Morgan fingerprint density at radius 3 is 2.84 bits per heavy atom. The van der Waals surface area contributed by atoms with Gasteiger partial charge in [-0.05, 0) is 29.0 Å². The van der Waals surface area contributed by atoms with E-state index >= 15 is 0 Å². The first-order valence-corrected chi connectivity index (χ1v) is 7.26. The molecule has 1 atom stereocenters. The molecule has 0 radical (unpaired) electrons. The Hall–Kier alpha value is -1.87. The molecule has 1 fully saturated rings. The van der Waals surface area contributed by atoms with Crippen molar-refractivity contribution >= 4 is 22.9 Å². The Bertz CT molecular complexity index is 682. The van der Waals surface area contributed by atoms with Crippen molar-refractivity contribution in [3.63, 3.8) is 0 Å². The molecule has 1 aliphatic heterocycles. The van der Waals surface area contributed by atoms with Gasteiger partial charge in [0.1, 0.15) is 0 Å². The maximum absolute atomic E-state index is 12.0. The number of fused-ring (bicyclic) bond motifs is 2. The summed E-state index contributed by atoms with van der Waals surface area (Å²) in [5.74, 6) is 0.0922. The van der Waals surface area contributed by atoms with Crippen LogP contribution in [-0.2, 0) is 16.0 Å². The molecule has 0 saturated carbocycles. The van der Waals surface area contributed by atoms with Crippen molar-refractivity contribution in [1.29, 1.82) is 0 Å². The average molecular weight is 268 g/mol. The summed E-state index contributed by atoms with van der Waals surface area (Å²) in [6, 6.07) is 12.3. The molecule has 0 amide bonds. The molecule has 4 rings (SSSR count). The molecular weight excluding hydrogens is 256 g/mol. The van der Waals surface area contributed by atoms with Gasteiger partial charge in [0.05, 0.1) is 12.2 Å². The van der Waals surface area contributed by atoms with Crippen molar-refractivity contribution in [1.82, 2.24) is 0 Å². The summed E-state index contributed by atoms with van der Waals surface area (Å²) in [5, 5.41) is 2.11. The van der Waals surface area contributed by atoms with E-state index in [9.17, 15) is 4.79 Å². The molecule has 2 heterocycles. The number of ether oxygens (including phenoxy) is 1. The molecule has 1 aromatic carbocycles. The molecule has 0 spiro atoms. The summed E-state index contributed by atoms with van der Waals surface area (Å²) < 4.78 is 5.26. The van der Waals surface area contributed by atoms with Crippen LogP contribution in [0.25, 0.3) is 5.57 Å². The maximum Gasteiger partial charge on any atom is 0.335 e. The quantitative estimate of drug-likeness (QED) is 0.742. The summed E-state index contributed by atoms with van der Waals surface area (Å²) in [7, 11) is 0. The standard InChI is InChI=1S/C16H12O2S/c17-16-15-11(9-18-16)8-13-12(6-7-19-13)14(15)10-4-2-1-3-5-10/h1-7,11H,8-9H2. The molecule has 3 heteroatoms. The van der Waals surface area contributed by atoms with Crippen LogP contribution in [0.4, 0.5) is 0 Å². The van der Waals surface area contributed by atoms with Gasteiger partial charge in [-0.1, -0.05) is 30.3 Å². The topological polar surface area (TPSA) is 26.3 Å². The number of esters is 1. The van der Waals surface area contributed by atoms with Gasteiger partial charge in [0.2, 0.25) is 0 Å². The number of thiophene rings is 1. The molecule has 2 nitrogen and oxygen atoms in total. The zero-order valence-electron chi connectivity index (χ0n) is 10.3. The predicted molar refractivity (Wildman–Crippen MR) is 74.9 cm³/mol. The van der Waals surface area contributed by atoms with E-state index < -0.39 is 0 Å². The first-order chi connectivity index (χ1) is 9.34. The van der Waals surface area contributed by atoms with E-state index in [1.165, 1.54) is 10.4 Å². The molecule has 1 unspecified atom stereocenters. The lowest BCUT2D eigenvalue weighted by Crippen LogP contribution is -2.15. The number of hydrogen-bond acceptors (Lipinski definition) is 3. The van der Waals surface area contributed by atoms with Crippen LogP contribution in [0.5, 0.6) is 0 Å². The second-order valence-corrected chi connectivity index (χ2v) is 5.91. The first kappa shape index (κ1) is 11.0. The Morgan fingerprint density at radius 1 is 1.16 bits per heavy atom. The lowest BCUT2D eigenvalue weighted by atomic mass is 9.81. The number of carbonyl (C=O) groups is 1. The molecule has 0 bridgehead atoms. The Morgan fingerprint density at radius 2 is 2.00 bits per heavy atom. The molecule has 19 heavy (non-hydrogen) atoms. The molecule has 94 valence electrons. The van der Waals surface area contributed by atoms with E-state index in [0.29, 0.717) is 6.61 Å². The summed E-state index contributed by atoms with van der Waals surface area (Å²) in [5.41, 5.74) is 4.27. The molecule has 2 aliphatic rings. The van der Waals surface area contributed by atoms with Crippen LogP contribution >= 0.6 is 11.3 Å². The maximum atomic E-state index is 12.0. The van der Waals surface area contributed by atoms with Gasteiger partial charge in [-0.2, -0.15) is 0 Å². The number of cyclic esters (lactones) is 1. The summed E-state index contributed by atoms with van der Waals surface area (Å²) in [6.45, 7) is 0.530. The Kier molecular flexibility index (Phi) is 2.35.